The van der Waals surface area contributed by atoms with Crippen LogP contribution in [-0.4, -0.2) is 29.7 Å². The molecule has 0 spiro atoms. The van der Waals surface area contributed by atoms with Gasteiger partial charge in [-0.1, -0.05) is 43.0 Å². The Morgan fingerprint density at radius 2 is 1.67 bits per heavy atom. The van der Waals surface area contributed by atoms with E-state index >= 15 is 0 Å². The minimum atomic E-state index is -3.43. The van der Waals surface area contributed by atoms with Crippen LogP contribution in [0.4, 0.5) is 0 Å². The van der Waals surface area contributed by atoms with E-state index in [9.17, 15) is 8.42 Å². The van der Waals surface area contributed by atoms with E-state index in [1.807, 2.05) is 6.07 Å². The summed E-state index contributed by atoms with van der Waals surface area (Å²) in [6, 6.07) is 8.64. The number of hydrogen-bond acceptors (Lipinski definition) is 3. The summed E-state index contributed by atoms with van der Waals surface area (Å²) in [7, 11) is -4.81. The Bertz CT molecular complexity index is 737. The Morgan fingerprint density at radius 3 is 2.29 bits per heavy atom. The molecule has 112 valence electrons. The first-order valence-corrected chi connectivity index (χ1v) is 12.1. The quantitative estimate of drug-likeness (QED) is 0.802. The van der Waals surface area contributed by atoms with E-state index in [2.05, 4.69) is 19.6 Å². The lowest BCUT2D eigenvalue weighted by atomic mass is 9.90. The summed E-state index contributed by atoms with van der Waals surface area (Å²) >= 11 is 0. The Balaban J connectivity index is 2.09. The summed E-state index contributed by atoms with van der Waals surface area (Å²) in [5, 5.41) is 1.46. The summed E-state index contributed by atoms with van der Waals surface area (Å²) in [6.07, 6.45) is 0.829. The van der Waals surface area contributed by atoms with Crippen LogP contribution in [0.1, 0.15) is 6.42 Å². The highest BCUT2D eigenvalue weighted by atomic mass is 32.2. The molecular weight excluding hydrogens is 300 g/mol. The van der Waals surface area contributed by atoms with Gasteiger partial charge in [-0.2, -0.15) is 0 Å². The van der Waals surface area contributed by atoms with Gasteiger partial charge in [0.05, 0.1) is 31.1 Å². The second-order valence-electron chi connectivity index (χ2n) is 6.59. The van der Waals surface area contributed by atoms with Crippen molar-refractivity contribution < 1.29 is 13.2 Å². The molecule has 1 aromatic carbocycles. The number of fused-ring (bicyclic) bond motifs is 1. The predicted molar refractivity (Wildman–Crippen MR) is 86.5 cm³/mol. The number of ether oxygens (including phenoxy) is 1. The summed E-state index contributed by atoms with van der Waals surface area (Å²) in [6.45, 7) is 7.67. The van der Waals surface area contributed by atoms with E-state index < -0.39 is 17.9 Å². The summed E-state index contributed by atoms with van der Waals surface area (Å²) < 4.78 is 31.1. The van der Waals surface area contributed by atoms with E-state index in [0.29, 0.717) is 16.4 Å². The van der Waals surface area contributed by atoms with Gasteiger partial charge < -0.3 is 4.74 Å². The molecule has 0 N–H and O–H groups in total. The molecule has 3 rings (SSSR count). The van der Waals surface area contributed by atoms with Crippen LogP contribution in [0.2, 0.25) is 19.6 Å². The van der Waals surface area contributed by atoms with Gasteiger partial charge in [-0.15, -0.1) is 0 Å². The fourth-order valence-corrected chi connectivity index (χ4v) is 6.33. The highest BCUT2D eigenvalue weighted by molar-refractivity contribution is 7.95. The molecule has 0 radical (unpaired) electrons. The third-order valence-electron chi connectivity index (χ3n) is 4.18. The molecule has 1 aromatic rings. The SMILES string of the molecule is C[Si](C)(C)C1=C2COCC(S(=O)(=O)c3ccccc3)=C2C1. The van der Waals surface area contributed by atoms with E-state index in [0.717, 1.165) is 17.6 Å². The molecule has 5 heteroatoms. The van der Waals surface area contributed by atoms with Crippen molar-refractivity contribution in [1.82, 2.24) is 0 Å². The third-order valence-corrected chi connectivity index (χ3v) is 8.38. The molecule has 2 aliphatic rings. The first-order valence-electron chi connectivity index (χ1n) is 7.14. The average Bonchev–Trinajstić information content (AvgIpc) is 2.39. The number of benzene rings is 1. The van der Waals surface area contributed by atoms with Gasteiger partial charge in [0.1, 0.15) is 0 Å². The molecule has 3 nitrogen and oxygen atoms in total. The zero-order chi connectivity index (χ0) is 15.3. The lowest BCUT2D eigenvalue weighted by molar-refractivity contribution is 0.173. The largest absolute Gasteiger partial charge is 0.371 e. The van der Waals surface area contributed by atoms with Crippen molar-refractivity contribution in [3.05, 3.63) is 51.6 Å². The van der Waals surface area contributed by atoms with Crippen LogP contribution in [0.3, 0.4) is 0 Å². The molecule has 0 saturated heterocycles. The first-order chi connectivity index (χ1) is 9.82. The van der Waals surface area contributed by atoms with Crippen molar-refractivity contribution in [3.63, 3.8) is 0 Å². The van der Waals surface area contributed by atoms with E-state index in [4.69, 9.17) is 4.74 Å². The van der Waals surface area contributed by atoms with Gasteiger partial charge in [0, 0.05) is 0 Å². The van der Waals surface area contributed by atoms with E-state index in [-0.39, 0.29) is 6.61 Å². The van der Waals surface area contributed by atoms with Gasteiger partial charge in [-0.25, -0.2) is 8.42 Å². The van der Waals surface area contributed by atoms with Crippen molar-refractivity contribution in [2.75, 3.05) is 13.2 Å². The van der Waals surface area contributed by atoms with E-state index in [1.165, 1.54) is 5.20 Å². The fraction of sp³-hybridized carbons (Fsp3) is 0.375. The maximum atomic E-state index is 12.8. The van der Waals surface area contributed by atoms with Crippen LogP contribution in [-0.2, 0) is 14.6 Å². The van der Waals surface area contributed by atoms with Gasteiger partial charge >= 0.3 is 0 Å². The van der Waals surface area contributed by atoms with Gasteiger partial charge in [0.25, 0.3) is 0 Å². The number of allylic oxidation sites excluding steroid dienone is 1. The Morgan fingerprint density at radius 1 is 1.00 bits per heavy atom. The molecule has 0 unspecified atom stereocenters. The molecule has 0 saturated carbocycles. The number of rotatable bonds is 3. The van der Waals surface area contributed by atoms with Crippen LogP contribution in [0.25, 0.3) is 0 Å². The molecule has 1 aliphatic carbocycles. The van der Waals surface area contributed by atoms with Crippen LogP contribution < -0.4 is 0 Å². The fourth-order valence-electron chi connectivity index (χ4n) is 2.94. The topological polar surface area (TPSA) is 43.4 Å². The minimum absolute atomic E-state index is 0.203. The van der Waals surface area contributed by atoms with Crippen molar-refractivity contribution in [3.8, 4) is 0 Å². The maximum Gasteiger partial charge on any atom is 0.205 e. The lowest BCUT2D eigenvalue weighted by Gasteiger charge is -2.39. The van der Waals surface area contributed by atoms with Crippen molar-refractivity contribution in [2.45, 2.75) is 31.0 Å². The number of hydrogen-bond donors (Lipinski definition) is 0. The van der Waals surface area contributed by atoms with Crippen LogP contribution in [0.5, 0.6) is 0 Å². The molecule has 0 bridgehead atoms. The molecule has 1 aliphatic heterocycles. The zero-order valence-corrected chi connectivity index (χ0v) is 14.5. The Labute approximate surface area is 127 Å². The normalized spacial score (nSPS) is 19.4. The third kappa shape index (κ3) is 2.43. The highest BCUT2D eigenvalue weighted by Crippen LogP contribution is 2.45. The highest BCUT2D eigenvalue weighted by Gasteiger charge is 2.39. The average molecular weight is 320 g/mol. The van der Waals surface area contributed by atoms with Gasteiger partial charge in [-0.05, 0) is 29.7 Å². The van der Waals surface area contributed by atoms with Crippen LogP contribution in [0, 0.1) is 0 Å². The van der Waals surface area contributed by atoms with E-state index in [1.54, 1.807) is 24.3 Å². The second kappa shape index (κ2) is 4.93. The standard InChI is InChI=1S/C16H20O3SSi/c1-21(2,3)16-9-13-14(16)10-19-11-15(13)20(17,18)12-7-5-4-6-8-12/h4-8H,9-11H2,1-3H3. The minimum Gasteiger partial charge on any atom is -0.371 e. The van der Waals surface area contributed by atoms with Crippen molar-refractivity contribution in [1.29, 1.82) is 0 Å². The zero-order valence-electron chi connectivity index (χ0n) is 12.6. The number of sulfone groups is 1. The van der Waals surface area contributed by atoms with Gasteiger partial charge in [0.15, 0.2) is 0 Å². The van der Waals surface area contributed by atoms with Crippen LogP contribution >= 0.6 is 0 Å². The lowest BCUT2D eigenvalue weighted by Crippen LogP contribution is -2.36. The van der Waals surface area contributed by atoms with Crippen LogP contribution in [0.15, 0.2) is 56.5 Å². The first kappa shape index (κ1) is 14.8. The maximum absolute atomic E-state index is 12.8. The second-order valence-corrected chi connectivity index (χ2v) is 13.7. The molecule has 21 heavy (non-hydrogen) atoms. The Hall–Kier alpha value is -1.17. The molecule has 0 fully saturated rings. The summed E-state index contributed by atoms with van der Waals surface area (Å²) in [4.78, 5) is 0.829. The van der Waals surface area contributed by atoms with Gasteiger partial charge in [0.2, 0.25) is 9.84 Å². The molecule has 0 atom stereocenters. The molecule has 0 aromatic heterocycles. The van der Waals surface area contributed by atoms with Crippen molar-refractivity contribution >= 4 is 17.9 Å². The van der Waals surface area contributed by atoms with Crippen molar-refractivity contribution in [2.24, 2.45) is 0 Å². The Kier molecular flexibility index (Phi) is 3.47. The monoisotopic (exact) mass is 320 g/mol. The summed E-state index contributed by atoms with van der Waals surface area (Å²) in [5.74, 6) is 0. The smallest absolute Gasteiger partial charge is 0.205 e. The predicted octanol–water partition coefficient (Wildman–Crippen LogP) is 3.32. The molecule has 1 heterocycles. The molecule has 0 amide bonds. The molecular formula is C16H20O3SSi. The summed E-state index contributed by atoms with van der Waals surface area (Å²) in [5.41, 5.74) is 2.18. The van der Waals surface area contributed by atoms with Gasteiger partial charge in [-0.3, -0.25) is 0 Å².